The SMILES string of the molecule is COC(=O)c1ccc(Nc2cc(C)nc3c(C)cccc23)cc1. The number of rotatable bonds is 3. The Morgan fingerprint density at radius 3 is 2.52 bits per heavy atom. The molecule has 0 fully saturated rings. The third kappa shape index (κ3) is 3.01. The highest BCUT2D eigenvalue weighted by atomic mass is 16.5. The van der Waals surface area contributed by atoms with Crippen LogP contribution in [0.15, 0.2) is 48.5 Å². The molecule has 3 rings (SSSR count). The van der Waals surface area contributed by atoms with E-state index in [1.54, 1.807) is 12.1 Å². The molecule has 0 aliphatic heterocycles. The Kier molecular flexibility index (Phi) is 3.98. The molecule has 0 atom stereocenters. The maximum Gasteiger partial charge on any atom is 0.337 e. The van der Waals surface area contributed by atoms with Crippen molar-refractivity contribution in [1.29, 1.82) is 0 Å². The van der Waals surface area contributed by atoms with Gasteiger partial charge in [-0.05, 0) is 49.7 Å². The number of benzene rings is 2. The van der Waals surface area contributed by atoms with Crippen LogP contribution in [0.1, 0.15) is 21.6 Å². The van der Waals surface area contributed by atoms with Gasteiger partial charge in [-0.1, -0.05) is 18.2 Å². The van der Waals surface area contributed by atoms with E-state index in [-0.39, 0.29) is 5.97 Å². The molecule has 0 saturated carbocycles. The number of ether oxygens (including phenoxy) is 1. The normalized spacial score (nSPS) is 10.6. The summed E-state index contributed by atoms with van der Waals surface area (Å²) in [7, 11) is 1.38. The minimum absolute atomic E-state index is 0.336. The van der Waals surface area contributed by atoms with Crippen LogP contribution in [0.2, 0.25) is 0 Å². The van der Waals surface area contributed by atoms with Crippen LogP contribution in [0.25, 0.3) is 10.9 Å². The maximum absolute atomic E-state index is 11.5. The Bertz CT molecular complexity index is 870. The number of carbonyl (C=O) groups excluding carboxylic acids is 1. The van der Waals surface area contributed by atoms with E-state index in [0.717, 1.165) is 33.5 Å². The number of para-hydroxylation sites is 1. The molecule has 0 spiro atoms. The van der Waals surface area contributed by atoms with E-state index < -0.39 is 0 Å². The lowest BCUT2D eigenvalue weighted by molar-refractivity contribution is 0.0601. The fourth-order valence-corrected chi connectivity index (χ4v) is 2.59. The molecule has 0 bridgehead atoms. The molecule has 23 heavy (non-hydrogen) atoms. The zero-order chi connectivity index (χ0) is 16.4. The molecule has 4 nitrogen and oxygen atoms in total. The van der Waals surface area contributed by atoms with Crippen molar-refractivity contribution < 1.29 is 9.53 Å². The molecule has 2 aromatic carbocycles. The first-order valence-electron chi connectivity index (χ1n) is 7.41. The molecule has 0 aliphatic carbocycles. The van der Waals surface area contributed by atoms with Crippen LogP contribution in [0, 0.1) is 13.8 Å². The summed E-state index contributed by atoms with van der Waals surface area (Å²) in [5, 5.41) is 4.48. The average molecular weight is 306 g/mol. The van der Waals surface area contributed by atoms with E-state index in [9.17, 15) is 4.79 Å². The number of esters is 1. The molecule has 3 aromatic rings. The van der Waals surface area contributed by atoms with Crippen LogP contribution in [0.4, 0.5) is 11.4 Å². The third-order valence-electron chi connectivity index (χ3n) is 3.75. The number of nitrogens with zero attached hydrogens (tertiary/aromatic N) is 1. The van der Waals surface area contributed by atoms with Crippen LogP contribution in [0.5, 0.6) is 0 Å². The van der Waals surface area contributed by atoms with Gasteiger partial charge in [0.05, 0.1) is 18.2 Å². The topological polar surface area (TPSA) is 51.2 Å². The van der Waals surface area contributed by atoms with Crippen molar-refractivity contribution in [3.63, 3.8) is 0 Å². The van der Waals surface area contributed by atoms with Crippen molar-refractivity contribution >= 4 is 28.2 Å². The quantitative estimate of drug-likeness (QED) is 0.729. The first-order chi connectivity index (χ1) is 11.1. The number of hydrogen-bond donors (Lipinski definition) is 1. The summed E-state index contributed by atoms with van der Waals surface area (Å²) in [6.45, 7) is 4.04. The number of hydrogen-bond acceptors (Lipinski definition) is 4. The van der Waals surface area contributed by atoms with Gasteiger partial charge < -0.3 is 10.1 Å². The van der Waals surface area contributed by atoms with Gasteiger partial charge in [0, 0.05) is 22.5 Å². The number of nitrogens with one attached hydrogen (secondary N) is 1. The van der Waals surface area contributed by atoms with Gasteiger partial charge in [0.1, 0.15) is 0 Å². The number of carbonyl (C=O) groups is 1. The predicted octanol–water partition coefficient (Wildman–Crippen LogP) is 4.38. The van der Waals surface area contributed by atoms with Gasteiger partial charge in [-0.25, -0.2) is 4.79 Å². The van der Waals surface area contributed by atoms with Crippen molar-refractivity contribution in [1.82, 2.24) is 4.98 Å². The van der Waals surface area contributed by atoms with E-state index in [4.69, 9.17) is 4.74 Å². The summed E-state index contributed by atoms with van der Waals surface area (Å²) < 4.78 is 4.71. The Morgan fingerprint density at radius 2 is 1.83 bits per heavy atom. The maximum atomic E-state index is 11.5. The van der Waals surface area contributed by atoms with E-state index in [2.05, 4.69) is 29.4 Å². The van der Waals surface area contributed by atoms with Crippen molar-refractivity contribution in [3.05, 3.63) is 65.4 Å². The lowest BCUT2D eigenvalue weighted by atomic mass is 10.1. The first kappa shape index (κ1) is 15.0. The monoisotopic (exact) mass is 306 g/mol. The van der Waals surface area contributed by atoms with Gasteiger partial charge in [-0.15, -0.1) is 0 Å². The minimum Gasteiger partial charge on any atom is -0.465 e. The second-order valence-electron chi connectivity index (χ2n) is 5.48. The van der Waals surface area contributed by atoms with Gasteiger partial charge in [0.15, 0.2) is 0 Å². The van der Waals surface area contributed by atoms with Crippen molar-refractivity contribution in [2.45, 2.75) is 13.8 Å². The standard InChI is InChI=1S/C19H18N2O2/c1-12-5-4-6-16-17(11-13(2)20-18(12)16)21-15-9-7-14(8-10-15)19(22)23-3/h4-11H,1-3H3,(H,20,21). The molecule has 1 aromatic heterocycles. The summed E-state index contributed by atoms with van der Waals surface area (Å²) in [6.07, 6.45) is 0. The fourth-order valence-electron chi connectivity index (χ4n) is 2.59. The Labute approximate surface area is 135 Å². The number of aryl methyl sites for hydroxylation is 2. The zero-order valence-corrected chi connectivity index (χ0v) is 13.4. The predicted molar refractivity (Wildman–Crippen MR) is 92.3 cm³/mol. The third-order valence-corrected chi connectivity index (χ3v) is 3.75. The Hall–Kier alpha value is -2.88. The summed E-state index contributed by atoms with van der Waals surface area (Å²) in [5.41, 5.74) is 5.55. The summed E-state index contributed by atoms with van der Waals surface area (Å²) in [5.74, 6) is -0.336. The largest absolute Gasteiger partial charge is 0.465 e. The van der Waals surface area contributed by atoms with Gasteiger partial charge in [-0.2, -0.15) is 0 Å². The second kappa shape index (κ2) is 6.08. The minimum atomic E-state index is -0.336. The summed E-state index contributed by atoms with van der Waals surface area (Å²) >= 11 is 0. The molecule has 0 unspecified atom stereocenters. The van der Waals surface area contributed by atoms with Crippen molar-refractivity contribution in [3.8, 4) is 0 Å². The smallest absolute Gasteiger partial charge is 0.337 e. The average Bonchev–Trinajstić information content (AvgIpc) is 2.56. The van der Waals surface area contributed by atoms with Crippen LogP contribution in [-0.2, 0) is 4.74 Å². The van der Waals surface area contributed by atoms with Crippen molar-refractivity contribution in [2.24, 2.45) is 0 Å². The number of anilines is 2. The fraction of sp³-hybridized carbons (Fsp3) is 0.158. The van der Waals surface area contributed by atoms with Crippen LogP contribution in [0.3, 0.4) is 0 Å². The van der Waals surface area contributed by atoms with E-state index >= 15 is 0 Å². The zero-order valence-electron chi connectivity index (χ0n) is 13.4. The van der Waals surface area contributed by atoms with E-state index in [1.165, 1.54) is 7.11 Å². The molecule has 4 heteroatoms. The van der Waals surface area contributed by atoms with Crippen LogP contribution < -0.4 is 5.32 Å². The Morgan fingerprint density at radius 1 is 1.09 bits per heavy atom. The van der Waals surface area contributed by atoms with Gasteiger partial charge in [-0.3, -0.25) is 4.98 Å². The van der Waals surface area contributed by atoms with Crippen LogP contribution in [-0.4, -0.2) is 18.1 Å². The molecule has 0 saturated heterocycles. The lowest BCUT2D eigenvalue weighted by Gasteiger charge is -2.12. The molecule has 116 valence electrons. The highest BCUT2D eigenvalue weighted by Gasteiger charge is 2.08. The van der Waals surface area contributed by atoms with Crippen molar-refractivity contribution in [2.75, 3.05) is 12.4 Å². The second-order valence-corrected chi connectivity index (χ2v) is 5.48. The number of aromatic nitrogens is 1. The van der Waals surface area contributed by atoms with E-state index in [0.29, 0.717) is 5.56 Å². The number of methoxy groups -OCH3 is 1. The summed E-state index contributed by atoms with van der Waals surface area (Å²) in [6, 6.07) is 15.4. The van der Waals surface area contributed by atoms with Gasteiger partial charge in [0.25, 0.3) is 0 Å². The number of pyridine rings is 1. The van der Waals surface area contributed by atoms with Crippen LogP contribution >= 0.6 is 0 Å². The molecule has 0 aliphatic rings. The summed E-state index contributed by atoms with van der Waals surface area (Å²) in [4.78, 5) is 16.1. The molecular formula is C19H18N2O2. The van der Waals surface area contributed by atoms with E-state index in [1.807, 2.05) is 31.2 Å². The highest BCUT2D eigenvalue weighted by molar-refractivity contribution is 5.95. The highest BCUT2D eigenvalue weighted by Crippen LogP contribution is 2.28. The lowest BCUT2D eigenvalue weighted by Crippen LogP contribution is -2.01. The Balaban J connectivity index is 1.98. The number of fused-ring (bicyclic) bond motifs is 1. The van der Waals surface area contributed by atoms with Gasteiger partial charge >= 0.3 is 5.97 Å². The molecular weight excluding hydrogens is 288 g/mol. The molecule has 1 heterocycles. The molecule has 0 amide bonds. The van der Waals surface area contributed by atoms with Gasteiger partial charge in [0.2, 0.25) is 0 Å². The molecule has 0 radical (unpaired) electrons. The molecule has 1 N–H and O–H groups in total. The first-order valence-corrected chi connectivity index (χ1v) is 7.41.